The van der Waals surface area contributed by atoms with Crippen LogP contribution in [0.1, 0.15) is 5.56 Å². The number of aromatic nitrogens is 4. The van der Waals surface area contributed by atoms with Crippen molar-refractivity contribution in [1.29, 1.82) is 0 Å². The third-order valence-corrected chi connectivity index (χ3v) is 3.13. The van der Waals surface area contributed by atoms with Crippen LogP contribution in [-0.4, -0.2) is 33.5 Å². The highest BCUT2D eigenvalue weighted by atomic mass is 16.5. The summed E-state index contributed by atoms with van der Waals surface area (Å²) in [6.45, 7) is 0. The van der Waals surface area contributed by atoms with Crippen molar-refractivity contribution in [3.05, 3.63) is 64.7 Å². The van der Waals surface area contributed by atoms with Crippen molar-refractivity contribution in [2.24, 2.45) is 5.10 Å². The summed E-state index contributed by atoms with van der Waals surface area (Å²) in [4.78, 5) is 18.7. The maximum atomic E-state index is 12.1. The highest BCUT2D eigenvalue weighted by Gasteiger charge is 2.07. The van der Waals surface area contributed by atoms with Crippen LogP contribution in [0.25, 0.3) is 11.3 Å². The van der Waals surface area contributed by atoms with Crippen LogP contribution >= 0.6 is 0 Å². The van der Waals surface area contributed by atoms with Crippen molar-refractivity contribution in [1.82, 2.24) is 20.2 Å². The van der Waals surface area contributed by atoms with Gasteiger partial charge in [0.1, 0.15) is 5.75 Å². The van der Waals surface area contributed by atoms with E-state index in [1.807, 2.05) is 6.07 Å². The maximum absolute atomic E-state index is 12.1. The first-order valence-electron chi connectivity index (χ1n) is 7.07. The Morgan fingerprint density at radius 1 is 1.21 bits per heavy atom. The number of H-pyrrole nitrogens is 1. The van der Waals surface area contributed by atoms with Crippen LogP contribution in [0.4, 0.5) is 5.95 Å². The molecule has 1 aromatic carbocycles. The van der Waals surface area contributed by atoms with Crippen molar-refractivity contribution in [3.63, 3.8) is 0 Å². The highest BCUT2D eigenvalue weighted by Crippen LogP contribution is 2.17. The number of hydrogen-bond acceptors (Lipinski definition) is 7. The third-order valence-electron chi connectivity index (χ3n) is 3.13. The third kappa shape index (κ3) is 3.61. The van der Waals surface area contributed by atoms with E-state index in [2.05, 4.69) is 30.7 Å². The van der Waals surface area contributed by atoms with Crippen LogP contribution in [-0.2, 0) is 0 Å². The van der Waals surface area contributed by atoms with Gasteiger partial charge in [-0.05, 0) is 30.3 Å². The first-order valence-corrected chi connectivity index (χ1v) is 7.07. The zero-order valence-electron chi connectivity index (χ0n) is 12.8. The minimum atomic E-state index is -0.366. The van der Waals surface area contributed by atoms with Gasteiger partial charge >= 0.3 is 0 Å². The van der Waals surface area contributed by atoms with Crippen molar-refractivity contribution in [2.45, 2.75) is 0 Å². The van der Waals surface area contributed by atoms with Gasteiger partial charge in [-0.3, -0.25) is 14.8 Å². The zero-order valence-corrected chi connectivity index (χ0v) is 12.8. The van der Waals surface area contributed by atoms with E-state index in [0.29, 0.717) is 11.3 Å². The Kier molecular flexibility index (Phi) is 4.57. The standard InChI is InChI=1S/C16H14N6O2/c1-24-13-6-4-12(5-7-13)14-15(23)19-16(22-20-14)21-18-10-11-3-2-8-17-9-11/h2-10H,1H3,(H2,19,21,22,23)/b18-10+. The summed E-state index contributed by atoms with van der Waals surface area (Å²) in [5.74, 6) is 0.851. The van der Waals surface area contributed by atoms with E-state index in [4.69, 9.17) is 4.74 Å². The largest absolute Gasteiger partial charge is 0.497 e. The van der Waals surface area contributed by atoms with Crippen LogP contribution < -0.4 is 15.7 Å². The Morgan fingerprint density at radius 2 is 2.04 bits per heavy atom. The van der Waals surface area contributed by atoms with Crippen LogP contribution in [0, 0.1) is 0 Å². The van der Waals surface area contributed by atoms with Crippen LogP contribution in [0.5, 0.6) is 5.75 Å². The summed E-state index contributed by atoms with van der Waals surface area (Å²) in [6, 6.07) is 10.6. The molecule has 0 saturated heterocycles. The van der Waals surface area contributed by atoms with E-state index in [9.17, 15) is 4.79 Å². The smallest absolute Gasteiger partial charge is 0.279 e. The lowest BCUT2D eigenvalue weighted by Crippen LogP contribution is -2.15. The molecule has 120 valence electrons. The molecule has 2 heterocycles. The predicted octanol–water partition coefficient (Wildman–Crippen LogP) is 1.68. The highest BCUT2D eigenvalue weighted by molar-refractivity contribution is 5.79. The van der Waals surface area contributed by atoms with Gasteiger partial charge in [-0.25, -0.2) is 5.43 Å². The van der Waals surface area contributed by atoms with Crippen LogP contribution in [0.3, 0.4) is 0 Å². The van der Waals surface area contributed by atoms with E-state index in [1.165, 1.54) is 0 Å². The molecule has 2 N–H and O–H groups in total. The van der Waals surface area contributed by atoms with Gasteiger partial charge in [0.15, 0.2) is 5.69 Å². The van der Waals surface area contributed by atoms with Gasteiger partial charge in [-0.1, -0.05) is 6.07 Å². The number of rotatable bonds is 5. The molecule has 2 aromatic heterocycles. The normalized spacial score (nSPS) is 10.7. The Labute approximate surface area is 137 Å². The average Bonchev–Trinajstić information content (AvgIpc) is 2.63. The number of nitrogens with zero attached hydrogens (tertiary/aromatic N) is 4. The van der Waals surface area contributed by atoms with Crippen molar-refractivity contribution in [3.8, 4) is 17.0 Å². The topological polar surface area (TPSA) is 105 Å². The Balaban J connectivity index is 1.74. The minimum Gasteiger partial charge on any atom is -0.497 e. The van der Waals surface area contributed by atoms with Gasteiger partial charge in [0.25, 0.3) is 5.56 Å². The molecule has 0 bridgehead atoms. The van der Waals surface area contributed by atoms with E-state index in [-0.39, 0.29) is 17.2 Å². The second-order valence-electron chi connectivity index (χ2n) is 4.74. The summed E-state index contributed by atoms with van der Waals surface area (Å²) in [5.41, 5.74) is 3.94. The minimum absolute atomic E-state index is 0.150. The molecule has 0 aliphatic carbocycles. The van der Waals surface area contributed by atoms with Crippen molar-refractivity contribution >= 4 is 12.2 Å². The number of ether oxygens (including phenoxy) is 1. The summed E-state index contributed by atoms with van der Waals surface area (Å²) >= 11 is 0. The van der Waals surface area contributed by atoms with Gasteiger partial charge < -0.3 is 4.74 Å². The molecule has 0 aliphatic heterocycles. The molecular weight excluding hydrogens is 308 g/mol. The fourth-order valence-corrected chi connectivity index (χ4v) is 1.95. The Bertz CT molecular complexity index is 890. The average molecular weight is 322 g/mol. The number of nitrogens with one attached hydrogen (secondary N) is 2. The molecule has 0 amide bonds. The molecule has 0 atom stereocenters. The lowest BCUT2D eigenvalue weighted by atomic mass is 10.1. The van der Waals surface area contributed by atoms with Gasteiger partial charge in [-0.15, -0.1) is 10.2 Å². The Hall–Kier alpha value is -3.55. The van der Waals surface area contributed by atoms with Gasteiger partial charge in [0, 0.05) is 23.5 Å². The fourth-order valence-electron chi connectivity index (χ4n) is 1.95. The second kappa shape index (κ2) is 7.14. The number of aromatic amines is 1. The number of methoxy groups -OCH3 is 1. The number of hydrazone groups is 1. The molecular formula is C16H14N6O2. The number of benzene rings is 1. The molecule has 0 radical (unpaired) electrons. The lowest BCUT2D eigenvalue weighted by molar-refractivity contribution is 0.415. The van der Waals surface area contributed by atoms with Gasteiger partial charge in [-0.2, -0.15) is 5.10 Å². The van der Waals surface area contributed by atoms with E-state index in [0.717, 1.165) is 5.56 Å². The lowest BCUT2D eigenvalue weighted by Gasteiger charge is -2.03. The molecule has 24 heavy (non-hydrogen) atoms. The predicted molar refractivity (Wildman–Crippen MR) is 90.1 cm³/mol. The van der Waals surface area contributed by atoms with Gasteiger partial charge in [0.05, 0.1) is 13.3 Å². The molecule has 0 unspecified atom stereocenters. The first-order chi connectivity index (χ1) is 11.8. The molecule has 0 spiro atoms. The Morgan fingerprint density at radius 3 is 2.71 bits per heavy atom. The monoisotopic (exact) mass is 322 g/mol. The molecule has 0 fully saturated rings. The summed E-state index contributed by atoms with van der Waals surface area (Å²) in [6.07, 6.45) is 4.89. The van der Waals surface area contributed by atoms with E-state index < -0.39 is 0 Å². The van der Waals surface area contributed by atoms with Crippen LogP contribution in [0.2, 0.25) is 0 Å². The number of hydrogen-bond donors (Lipinski definition) is 2. The molecule has 8 nitrogen and oxygen atoms in total. The first kappa shape index (κ1) is 15.3. The van der Waals surface area contributed by atoms with Crippen molar-refractivity contribution in [2.75, 3.05) is 12.5 Å². The fraction of sp³-hybridized carbons (Fsp3) is 0.0625. The molecule has 0 saturated carbocycles. The molecule has 3 aromatic rings. The van der Waals surface area contributed by atoms with Crippen LogP contribution in [0.15, 0.2) is 58.7 Å². The maximum Gasteiger partial charge on any atom is 0.279 e. The quantitative estimate of drug-likeness (QED) is 0.547. The molecule has 0 aliphatic rings. The molecule has 3 rings (SSSR count). The summed E-state index contributed by atoms with van der Waals surface area (Å²) in [7, 11) is 1.58. The summed E-state index contributed by atoms with van der Waals surface area (Å²) in [5, 5.41) is 11.8. The number of pyridine rings is 1. The summed E-state index contributed by atoms with van der Waals surface area (Å²) < 4.78 is 5.08. The number of anilines is 1. The van der Waals surface area contributed by atoms with Gasteiger partial charge in [0.2, 0.25) is 5.95 Å². The van der Waals surface area contributed by atoms with E-state index >= 15 is 0 Å². The second-order valence-corrected chi connectivity index (χ2v) is 4.74. The zero-order chi connectivity index (χ0) is 16.8. The molecule has 8 heteroatoms. The SMILES string of the molecule is COc1ccc(-c2nnc(N/N=C/c3cccnc3)[nH]c2=O)cc1. The van der Waals surface area contributed by atoms with Crippen molar-refractivity contribution < 1.29 is 4.74 Å². The van der Waals surface area contributed by atoms with E-state index in [1.54, 1.807) is 56.0 Å².